The molecule has 2 aromatic carbocycles. The first-order valence-corrected chi connectivity index (χ1v) is 8.07. The van der Waals surface area contributed by atoms with Gasteiger partial charge in [0.15, 0.2) is 0 Å². The number of nitrogens with one attached hydrogen (secondary N) is 2. The molecule has 0 aliphatic heterocycles. The molecule has 2 heterocycles. The Morgan fingerprint density at radius 1 is 1.08 bits per heavy atom. The highest BCUT2D eigenvalue weighted by molar-refractivity contribution is 6.05. The number of carbonyl (C=O) groups excluding carboxylic acids is 1. The number of H-pyrrole nitrogens is 1. The van der Waals surface area contributed by atoms with Crippen LogP contribution in [0, 0.1) is 6.92 Å². The van der Waals surface area contributed by atoms with E-state index in [1.807, 2.05) is 31.2 Å². The summed E-state index contributed by atoms with van der Waals surface area (Å²) in [6, 6.07) is 17.8. The second-order valence-electron chi connectivity index (χ2n) is 5.96. The lowest BCUT2D eigenvalue weighted by Crippen LogP contribution is -2.20. The van der Waals surface area contributed by atoms with Gasteiger partial charge < -0.3 is 9.73 Å². The van der Waals surface area contributed by atoms with Gasteiger partial charge >= 0.3 is 5.63 Å². The zero-order valence-corrected chi connectivity index (χ0v) is 13.9. The van der Waals surface area contributed by atoms with Crippen molar-refractivity contribution in [2.75, 3.05) is 5.32 Å². The molecule has 0 atom stereocenters. The summed E-state index contributed by atoms with van der Waals surface area (Å²) >= 11 is 0. The fourth-order valence-electron chi connectivity index (χ4n) is 2.74. The Bertz CT molecular complexity index is 1170. The summed E-state index contributed by atoms with van der Waals surface area (Å²) in [5.41, 5.74) is 2.90. The number of aryl methyl sites for hydroxylation is 1. The predicted octanol–water partition coefficient (Wildman–Crippen LogP) is 3.74. The molecule has 2 N–H and O–H groups in total. The molecule has 0 saturated heterocycles. The highest BCUT2D eigenvalue weighted by Crippen LogP contribution is 2.22. The van der Waals surface area contributed by atoms with Crippen molar-refractivity contribution in [3.05, 3.63) is 82.3 Å². The summed E-state index contributed by atoms with van der Waals surface area (Å²) in [6.07, 6.45) is 0. The zero-order chi connectivity index (χ0) is 18.1. The van der Waals surface area contributed by atoms with E-state index >= 15 is 0 Å². The Balaban J connectivity index is 1.64. The van der Waals surface area contributed by atoms with Gasteiger partial charge in [0.25, 0.3) is 5.91 Å². The van der Waals surface area contributed by atoms with Crippen LogP contribution in [-0.2, 0) is 0 Å². The van der Waals surface area contributed by atoms with Crippen molar-refractivity contribution in [3.8, 4) is 11.3 Å². The highest BCUT2D eigenvalue weighted by Gasteiger charge is 2.14. The normalized spacial score (nSPS) is 10.8. The van der Waals surface area contributed by atoms with Gasteiger partial charge in [-0.25, -0.2) is 4.79 Å². The molecule has 26 heavy (non-hydrogen) atoms. The molecule has 1 amide bonds. The van der Waals surface area contributed by atoms with Crippen LogP contribution in [0.3, 0.4) is 0 Å². The molecule has 6 nitrogen and oxygen atoms in total. The SMILES string of the molecule is Cc1cc(-c2cccc(NC(=O)c3cc4ccccc4oc3=O)c2)n[nH]1. The second-order valence-corrected chi connectivity index (χ2v) is 5.96. The minimum absolute atomic E-state index is 0.0373. The third kappa shape index (κ3) is 3.00. The van der Waals surface area contributed by atoms with Crippen LogP contribution in [-0.4, -0.2) is 16.1 Å². The number of aromatic nitrogens is 2. The molecule has 128 valence electrons. The number of nitrogens with zero attached hydrogens (tertiary/aromatic N) is 1. The topological polar surface area (TPSA) is 88.0 Å². The lowest BCUT2D eigenvalue weighted by molar-refractivity contribution is 0.102. The van der Waals surface area contributed by atoms with Gasteiger partial charge in [0.2, 0.25) is 0 Å². The van der Waals surface area contributed by atoms with Crippen LogP contribution in [0.2, 0.25) is 0 Å². The highest BCUT2D eigenvalue weighted by atomic mass is 16.4. The van der Waals surface area contributed by atoms with Gasteiger partial charge in [0.1, 0.15) is 11.1 Å². The fraction of sp³-hybridized carbons (Fsp3) is 0.0500. The summed E-state index contributed by atoms with van der Waals surface area (Å²) in [4.78, 5) is 24.7. The molecule has 6 heteroatoms. The first-order chi connectivity index (χ1) is 12.6. The number of hydrogen-bond acceptors (Lipinski definition) is 4. The molecular formula is C20H15N3O3. The van der Waals surface area contributed by atoms with Crippen molar-refractivity contribution < 1.29 is 9.21 Å². The zero-order valence-electron chi connectivity index (χ0n) is 13.9. The van der Waals surface area contributed by atoms with E-state index in [1.54, 1.807) is 30.3 Å². The molecule has 0 bridgehead atoms. The molecule has 0 unspecified atom stereocenters. The number of hydrogen-bond donors (Lipinski definition) is 2. The maximum absolute atomic E-state index is 12.5. The van der Waals surface area contributed by atoms with Crippen molar-refractivity contribution in [2.24, 2.45) is 0 Å². The third-order valence-electron chi connectivity index (χ3n) is 4.01. The van der Waals surface area contributed by atoms with Crippen molar-refractivity contribution in [1.29, 1.82) is 0 Å². The lowest BCUT2D eigenvalue weighted by Gasteiger charge is -2.06. The predicted molar refractivity (Wildman–Crippen MR) is 99.2 cm³/mol. The molecule has 4 aromatic rings. The van der Waals surface area contributed by atoms with E-state index in [1.165, 1.54) is 6.07 Å². The van der Waals surface area contributed by atoms with E-state index in [9.17, 15) is 9.59 Å². The monoisotopic (exact) mass is 345 g/mol. The maximum Gasteiger partial charge on any atom is 0.349 e. The van der Waals surface area contributed by atoms with Gasteiger partial charge in [-0.3, -0.25) is 9.89 Å². The minimum atomic E-state index is -0.666. The summed E-state index contributed by atoms with van der Waals surface area (Å²) < 4.78 is 5.22. The second kappa shape index (κ2) is 6.33. The van der Waals surface area contributed by atoms with Gasteiger partial charge in [-0.05, 0) is 37.3 Å². The van der Waals surface area contributed by atoms with Gasteiger partial charge in [-0.2, -0.15) is 5.10 Å². The van der Waals surface area contributed by atoms with Gasteiger partial charge in [0.05, 0.1) is 5.69 Å². The van der Waals surface area contributed by atoms with E-state index < -0.39 is 11.5 Å². The summed E-state index contributed by atoms with van der Waals surface area (Å²) in [5.74, 6) is -0.514. The number of rotatable bonds is 3. The molecular weight excluding hydrogens is 330 g/mol. The number of para-hydroxylation sites is 1. The Morgan fingerprint density at radius 3 is 2.73 bits per heavy atom. The smallest absolute Gasteiger partial charge is 0.349 e. The number of fused-ring (bicyclic) bond motifs is 1. The van der Waals surface area contributed by atoms with Crippen molar-refractivity contribution in [3.63, 3.8) is 0 Å². The fourth-order valence-corrected chi connectivity index (χ4v) is 2.74. The van der Waals surface area contributed by atoms with Crippen molar-refractivity contribution >= 4 is 22.6 Å². The van der Waals surface area contributed by atoms with Crippen LogP contribution in [0.15, 0.2) is 69.9 Å². The van der Waals surface area contributed by atoms with Gasteiger partial charge in [-0.15, -0.1) is 0 Å². The van der Waals surface area contributed by atoms with Crippen molar-refractivity contribution in [2.45, 2.75) is 6.92 Å². The van der Waals surface area contributed by atoms with E-state index in [2.05, 4.69) is 15.5 Å². The van der Waals surface area contributed by atoms with Gasteiger partial charge in [-0.1, -0.05) is 30.3 Å². The largest absolute Gasteiger partial charge is 0.422 e. The standard InChI is InChI=1S/C20H15N3O3/c1-12-9-17(23-22-12)13-6-4-7-15(10-13)21-19(24)16-11-14-5-2-3-8-18(14)26-20(16)25/h2-11H,1H3,(H,21,24)(H,22,23). The molecule has 0 aliphatic carbocycles. The Morgan fingerprint density at radius 2 is 1.92 bits per heavy atom. The summed E-state index contributed by atoms with van der Waals surface area (Å²) in [7, 11) is 0. The van der Waals surface area contributed by atoms with E-state index in [4.69, 9.17) is 4.42 Å². The minimum Gasteiger partial charge on any atom is -0.422 e. The van der Waals surface area contributed by atoms with E-state index in [0.29, 0.717) is 16.7 Å². The average Bonchev–Trinajstić information content (AvgIpc) is 3.08. The Hall–Kier alpha value is -3.67. The van der Waals surface area contributed by atoms with E-state index in [0.717, 1.165) is 17.0 Å². The number of benzene rings is 2. The molecule has 0 saturated carbocycles. The van der Waals surface area contributed by atoms with Crippen LogP contribution in [0.4, 0.5) is 5.69 Å². The van der Waals surface area contributed by atoms with Gasteiger partial charge in [0, 0.05) is 22.3 Å². The Labute approximate surface area is 148 Å². The molecule has 0 radical (unpaired) electrons. The number of carbonyl (C=O) groups is 1. The molecule has 2 aromatic heterocycles. The third-order valence-corrected chi connectivity index (χ3v) is 4.01. The van der Waals surface area contributed by atoms with Crippen LogP contribution in [0.5, 0.6) is 0 Å². The maximum atomic E-state index is 12.5. The molecule has 0 aliphatic rings. The van der Waals surface area contributed by atoms with Crippen LogP contribution >= 0.6 is 0 Å². The molecule has 0 spiro atoms. The first-order valence-electron chi connectivity index (χ1n) is 8.07. The number of aromatic amines is 1. The first kappa shape index (κ1) is 15.8. The quantitative estimate of drug-likeness (QED) is 0.554. The van der Waals surface area contributed by atoms with Crippen LogP contribution in [0.1, 0.15) is 16.1 Å². The molecule has 0 fully saturated rings. The number of amides is 1. The average molecular weight is 345 g/mol. The van der Waals surface area contributed by atoms with E-state index in [-0.39, 0.29) is 5.56 Å². The van der Waals surface area contributed by atoms with Crippen molar-refractivity contribution in [1.82, 2.24) is 10.2 Å². The van der Waals surface area contributed by atoms with Crippen LogP contribution in [0.25, 0.3) is 22.2 Å². The summed E-state index contributed by atoms with van der Waals surface area (Å²) in [6.45, 7) is 1.92. The summed E-state index contributed by atoms with van der Waals surface area (Å²) in [5, 5.41) is 10.5. The molecule has 4 rings (SSSR count). The number of anilines is 1. The lowest BCUT2D eigenvalue weighted by atomic mass is 10.1. The van der Waals surface area contributed by atoms with Crippen LogP contribution < -0.4 is 10.9 Å². The Kier molecular flexibility index (Phi) is 3.85.